The van der Waals surface area contributed by atoms with Crippen molar-refractivity contribution in [1.82, 2.24) is 14.8 Å². The number of nitrogens with zero attached hydrogens (tertiary/aromatic N) is 4. The maximum atomic E-state index is 13.6. The number of piperidine rings is 1. The lowest BCUT2D eigenvalue weighted by Crippen LogP contribution is -2.46. The Balaban J connectivity index is 1.20. The van der Waals surface area contributed by atoms with Crippen LogP contribution < -0.4 is 9.64 Å². The molecule has 5 rings (SSSR count). The third-order valence-electron chi connectivity index (χ3n) is 7.92. The summed E-state index contributed by atoms with van der Waals surface area (Å²) in [6, 6.07) is 12.6. The van der Waals surface area contributed by atoms with Gasteiger partial charge in [-0.25, -0.2) is 4.79 Å². The van der Waals surface area contributed by atoms with Crippen LogP contribution in [0.25, 0.3) is 0 Å². The molecule has 2 aromatic rings. The number of likely N-dealkylation sites (tertiary alicyclic amines) is 2. The number of hydrogen-bond acceptors (Lipinski definition) is 4. The SMILES string of the molecule is COc1ccc(CN2CCC3(CC2)CCN(C(=O)N2CC(C)(C)c4nc(C)ccc42)C3)cc1. The molecule has 2 saturated heterocycles. The molecule has 0 radical (unpaired) electrons. The first-order valence-electron chi connectivity index (χ1n) is 12.2. The molecule has 6 nitrogen and oxygen atoms in total. The van der Waals surface area contributed by atoms with E-state index in [1.54, 1.807) is 7.11 Å². The number of methoxy groups -OCH3 is 1. The van der Waals surface area contributed by atoms with Crippen molar-refractivity contribution in [3.05, 3.63) is 53.3 Å². The molecule has 0 atom stereocenters. The quantitative estimate of drug-likeness (QED) is 0.688. The summed E-state index contributed by atoms with van der Waals surface area (Å²) >= 11 is 0. The van der Waals surface area contributed by atoms with Gasteiger partial charge in [0, 0.05) is 37.3 Å². The van der Waals surface area contributed by atoms with Crippen LogP contribution in [0.5, 0.6) is 5.75 Å². The van der Waals surface area contributed by atoms with Crippen molar-refractivity contribution in [2.45, 2.75) is 52.0 Å². The number of fused-ring (bicyclic) bond motifs is 1. The molecule has 176 valence electrons. The van der Waals surface area contributed by atoms with E-state index in [9.17, 15) is 4.79 Å². The van der Waals surface area contributed by atoms with Gasteiger partial charge < -0.3 is 9.64 Å². The average Bonchev–Trinajstić information content (AvgIpc) is 3.34. The fourth-order valence-corrected chi connectivity index (χ4v) is 5.84. The van der Waals surface area contributed by atoms with Gasteiger partial charge in [-0.3, -0.25) is 14.8 Å². The van der Waals surface area contributed by atoms with Crippen LogP contribution in [0, 0.1) is 12.3 Å². The van der Waals surface area contributed by atoms with Gasteiger partial charge in [0.25, 0.3) is 0 Å². The zero-order valence-corrected chi connectivity index (χ0v) is 20.4. The number of amides is 2. The van der Waals surface area contributed by atoms with Gasteiger partial charge in [0.15, 0.2) is 0 Å². The number of pyridine rings is 1. The summed E-state index contributed by atoms with van der Waals surface area (Å²) in [7, 11) is 1.70. The first-order valence-corrected chi connectivity index (χ1v) is 12.2. The van der Waals surface area contributed by atoms with Crippen molar-refractivity contribution in [3.8, 4) is 5.75 Å². The summed E-state index contributed by atoms with van der Waals surface area (Å²) in [5.74, 6) is 0.905. The molecule has 2 amide bonds. The lowest BCUT2D eigenvalue weighted by Gasteiger charge is -2.39. The lowest BCUT2D eigenvalue weighted by atomic mass is 9.77. The number of ether oxygens (including phenoxy) is 1. The van der Waals surface area contributed by atoms with Crippen molar-refractivity contribution in [3.63, 3.8) is 0 Å². The zero-order chi connectivity index (χ0) is 23.2. The molecule has 33 heavy (non-hydrogen) atoms. The van der Waals surface area contributed by atoms with Gasteiger partial charge in [-0.15, -0.1) is 0 Å². The summed E-state index contributed by atoms with van der Waals surface area (Å²) < 4.78 is 5.27. The Morgan fingerprint density at radius 1 is 1.00 bits per heavy atom. The predicted octanol–water partition coefficient (Wildman–Crippen LogP) is 4.60. The van der Waals surface area contributed by atoms with Crippen molar-refractivity contribution >= 4 is 11.7 Å². The number of carbonyl (C=O) groups is 1. The predicted molar refractivity (Wildman–Crippen MR) is 131 cm³/mol. The Labute approximate surface area is 197 Å². The summed E-state index contributed by atoms with van der Waals surface area (Å²) in [5.41, 5.74) is 4.55. The third kappa shape index (κ3) is 4.21. The van der Waals surface area contributed by atoms with Crippen LogP contribution in [-0.4, -0.2) is 60.6 Å². The van der Waals surface area contributed by atoms with Gasteiger partial charge in [-0.2, -0.15) is 0 Å². The summed E-state index contributed by atoms with van der Waals surface area (Å²) in [4.78, 5) is 25.0. The largest absolute Gasteiger partial charge is 0.497 e. The Kier molecular flexibility index (Phi) is 5.60. The van der Waals surface area contributed by atoms with E-state index in [4.69, 9.17) is 9.72 Å². The second-order valence-corrected chi connectivity index (χ2v) is 10.9. The average molecular weight is 449 g/mol. The van der Waals surface area contributed by atoms with Crippen LogP contribution in [0.4, 0.5) is 10.5 Å². The second-order valence-electron chi connectivity index (χ2n) is 10.9. The standard InChI is InChI=1S/C27H36N4O2/c1-20-5-10-23-24(28-20)26(2,3)18-31(23)25(32)30-16-13-27(19-30)11-14-29(15-12-27)17-21-6-8-22(33-4)9-7-21/h5-10H,11-19H2,1-4H3. The fraction of sp³-hybridized carbons (Fsp3) is 0.556. The molecule has 6 heteroatoms. The monoisotopic (exact) mass is 448 g/mol. The molecule has 4 heterocycles. The molecule has 2 fully saturated rings. The maximum absolute atomic E-state index is 13.6. The van der Waals surface area contributed by atoms with Crippen molar-refractivity contribution in [1.29, 1.82) is 0 Å². The molecular formula is C27H36N4O2. The molecule has 0 bridgehead atoms. The van der Waals surface area contributed by atoms with Crippen LogP contribution in [0.3, 0.4) is 0 Å². The molecule has 3 aliphatic heterocycles. The van der Waals surface area contributed by atoms with Crippen LogP contribution >= 0.6 is 0 Å². The second kappa shape index (κ2) is 8.32. The van der Waals surface area contributed by atoms with Gasteiger partial charge in [0.05, 0.1) is 18.5 Å². The maximum Gasteiger partial charge on any atom is 0.324 e. The van der Waals surface area contributed by atoms with E-state index in [1.165, 1.54) is 5.56 Å². The third-order valence-corrected chi connectivity index (χ3v) is 7.92. The van der Waals surface area contributed by atoms with Gasteiger partial charge in [-0.1, -0.05) is 26.0 Å². The summed E-state index contributed by atoms with van der Waals surface area (Å²) in [6.45, 7) is 12.0. The highest BCUT2D eigenvalue weighted by atomic mass is 16.5. The van der Waals surface area contributed by atoms with Gasteiger partial charge in [-0.05, 0) is 74.5 Å². The first-order chi connectivity index (χ1) is 15.8. The number of carbonyl (C=O) groups excluding carboxylic acids is 1. The minimum Gasteiger partial charge on any atom is -0.497 e. The van der Waals surface area contributed by atoms with E-state index in [0.29, 0.717) is 6.54 Å². The van der Waals surface area contributed by atoms with Crippen molar-refractivity contribution < 1.29 is 9.53 Å². The Morgan fingerprint density at radius 3 is 2.39 bits per heavy atom. The van der Waals surface area contributed by atoms with Crippen LogP contribution in [0.15, 0.2) is 36.4 Å². The van der Waals surface area contributed by atoms with E-state index in [2.05, 4.69) is 41.8 Å². The molecule has 1 spiro atoms. The van der Waals surface area contributed by atoms with Crippen LogP contribution in [-0.2, 0) is 12.0 Å². The van der Waals surface area contributed by atoms with Crippen molar-refractivity contribution in [2.75, 3.05) is 44.7 Å². The van der Waals surface area contributed by atoms with Crippen molar-refractivity contribution in [2.24, 2.45) is 5.41 Å². The highest BCUT2D eigenvalue weighted by Crippen LogP contribution is 2.43. The zero-order valence-electron chi connectivity index (χ0n) is 20.4. The smallest absolute Gasteiger partial charge is 0.324 e. The molecule has 0 N–H and O–H groups in total. The van der Waals surface area contributed by atoms with Gasteiger partial charge in [0.2, 0.25) is 0 Å². The molecule has 0 aliphatic carbocycles. The number of hydrogen-bond donors (Lipinski definition) is 0. The van der Waals surface area contributed by atoms with E-state index in [-0.39, 0.29) is 16.9 Å². The minimum atomic E-state index is -0.110. The van der Waals surface area contributed by atoms with E-state index in [1.807, 2.05) is 30.0 Å². The van der Waals surface area contributed by atoms with E-state index >= 15 is 0 Å². The first kappa shape index (κ1) is 22.2. The number of rotatable bonds is 3. The number of aromatic nitrogens is 1. The molecule has 0 unspecified atom stereocenters. The summed E-state index contributed by atoms with van der Waals surface area (Å²) in [5, 5.41) is 0. The number of aryl methyl sites for hydroxylation is 1. The molecule has 0 saturated carbocycles. The highest BCUT2D eigenvalue weighted by molar-refractivity contribution is 5.95. The Hall–Kier alpha value is -2.60. The van der Waals surface area contributed by atoms with Crippen LogP contribution in [0.2, 0.25) is 0 Å². The van der Waals surface area contributed by atoms with E-state index < -0.39 is 0 Å². The van der Waals surface area contributed by atoms with Gasteiger partial charge in [0.1, 0.15) is 5.75 Å². The Bertz CT molecular complexity index is 1020. The molecule has 3 aliphatic rings. The topological polar surface area (TPSA) is 48.9 Å². The highest BCUT2D eigenvalue weighted by Gasteiger charge is 2.46. The summed E-state index contributed by atoms with van der Waals surface area (Å²) in [6.07, 6.45) is 3.44. The van der Waals surface area contributed by atoms with Crippen LogP contribution in [0.1, 0.15) is 50.1 Å². The number of urea groups is 1. The van der Waals surface area contributed by atoms with E-state index in [0.717, 1.165) is 74.8 Å². The normalized spacial score (nSPS) is 21.5. The minimum absolute atomic E-state index is 0.110. The Morgan fingerprint density at radius 2 is 1.70 bits per heavy atom. The fourth-order valence-electron chi connectivity index (χ4n) is 5.84. The number of benzene rings is 1. The van der Waals surface area contributed by atoms with Gasteiger partial charge >= 0.3 is 6.03 Å². The molecule has 1 aromatic heterocycles. The lowest BCUT2D eigenvalue weighted by molar-refractivity contribution is 0.105. The molecular weight excluding hydrogens is 412 g/mol. The number of anilines is 1. The molecule has 1 aromatic carbocycles.